The topological polar surface area (TPSA) is 25.2 Å². The molecule has 1 saturated heterocycles. The summed E-state index contributed by atoms with van der Waals surface area (Å²) >= 11 is 0. The van der Waals surface area contributed by atoms with E-state index in [4.69, 9.17) is 0 Å². The Morgan fingerprint density at radius 3 is 2.46 bits per heavy atom. The van der Waals surface area contributed by atoms with Gasteiger partial charge in [-0.2, -0.15) is 0 Å². The van der Waals surface area contributed by atoms with Crippen LogP contribution in [0.4, 0.5) is 0 Å². The van der Waals surface area contributed by atoms with Crippen molar-refractivity contribution in [1.29, 1.82) is 0 Å². The standard InChI is InChI=1S/C23H26N2O/c1-17-7-9-18(10-8-17)15-23(26)25-13-11-19(12-14-25)21-16-24(2)22-6-4-3-5-20(21)22/h3-10,16,19H,11-15H2,1-2H3. The Morgan fingerprint density at radius 2 is 1.73 bits per heavy atom. The lowest BCUT2D eigenvalue weighted by molar-refractivity contribution is -0.131. The van der Waals surface area contributed by atoms with E-state index in [-0.39, 0.29) is 5.91 Å². The molecule has 0 N–H and O–H groups in total. The minimum absolute atomic E-state index is 0.255. The zero-order valence-corrected chi connectivity index (χ0v) is 15.6. The van der Waals surface area contributed by atoms with Gasteiger partial charge in [-0.25, -0.2) is 0 Å². The summed E-state index contributed by atoms with van der Waals surface area (Å²) in [6.07, 6.45) is 4.89. The fourth-order valence-electron chi connectivity index (χ4n) is 4.13. The third-order valence-corrected chi connectivity index (χ3v) is 5.69. The van der Waals surface area contributed by atoms with Crippen molar-refractivity contribution in [1.82, 2.24) is 9.47 Å². The highest BCUT2D eigenvalue weighted by Crippen LogP contribution is 2.34. The predicted octanol–water partition coefficient (Wildman–Crippen LogP) is 4.44. The van der Waals surface area contributed by atoms with Gasteiger partial charge in [0.15, 0.2) is 0 Å². The van der Waals surface area contributed by atoms with E-state index in [2.05, 4.69) is 73.3 Å². The number of hydrogen-bond donors (Lipinski definition) is 0. The van der Waals surface area contributed by atoms with Crippen LogP contribution in [0.5, 0.6) is 0 Å². The zero-order valence-electron chi connectivity index (χ0n) is 15.6. The zero-order chi connectivity index (χ0) is 18.1. The number of rotatable bonds is 3. The molecule has 1 fully saturated rings. The summed E-state index contributed by atoms with van der Waals surface area (Å²) in [6.45, 7) is 3.79. The van der Waals surface area contributed by atoms with Gasteiger partial charge in [-0.1, -0.05) is 48.0 Å². The van der Waals surface area contributed by atoms with Gasteiger partial charge in [0.05, 0.1) is 6.42 Å². The van der Waals surface area contributed by atoms with Gasteiger partial charge in [-0.15, -0.1) is 0 Å². The predicted molar refractivity (Wildman–Crippen MR) is 106 cm³/mol. The maximum atomic E-state index is 12.6. The number of benzene rings is 2. The normalized spacial score (nSPS) is 15.5. The number of nitrogens with zero attached hydrogens (tertiary/aromatic N) is 2. The molecule has 2 heterocycles. The molecule has 1 aliphatic heterocycles. The number of aromatic nitrogens is 1. The van der Waals surface area contributed by atoms with Crippen LogP contribution in [0.25, 0.3) is 10.9 Å². The molecule has 1 aromatic heterocycles. The Balaban J connectivity index is 1.42. The number of aryl methyl sites for hydroxylation is 2. The average Bonchev–Trinajstić information content (AvgIpc) is 3.01. The van der Waals surface area contributed by atoms with Crippen LogP contribution in [0.2, 0.25) is 0 Å². The van der Waals surface area contributed by atoms with Gasteiger partial charge >= 0.3 is 0 Å². The van der Waals surface area contributed by atoms with Gasteiger partial charge in [0.1, 0.15) is 0 Å². The highest BCUT2D eigenvalue weighted by atomic mass is 16.2. The number of amides is 1. The molecule has 0 unspecified atom stereocenters. The lowest BCUT2D eigenvalue weighted by atomic mass is 9.89. The highest BCUT2D eigenvalue weighted by Gasteiger charge is 2.25. The average molecular weight is 346 g/mol. The number of likely N-dealkylation sites (tertiary alicyclic amines) is 1. The summed E-state index contributed by atoms with van der Waals surface area (Å²) in [6, 6.07) is 16.9. The maximum Gasteiger partial charge on any atom is 0.226 e. The van der Waals surface area contributed by atoms with Gasteiger partial charge < -0.3 is 9.47 Å². The largest absolute Gasteiger partial charge is 0.350 e. The summed E-state index contributed by atoms with van der Waals surface area (Å²) in [5.74, 6) is 0.801. The lowest BCUT2D eigenvalue weighted by Crippen LogP contribution is -2.38. The van der Waals surface area contributed by atoms with E-state index in [1.54, 1.807) is 0 Å². The maximum absolute atomic E-state index is 12.6. The second-order valence-electron chi connectivity index (χ2n) is 7.53. The van der Waals surface area contributed by atoms with Crippen molar-refractivity contribution in [2.75, 3.05) is 13.1 Å². The fraction of sp³-hybridized carbons (Fsp3) is 0.348. The Kier molecular flexibility index (Phi) is 4.54. The first kappa shape index (κ1) is 16.9. The quantitative estimate of drug-likeness (QED) is 0.688. The summed E-state index contributed by atoms with van der Waals surface area (Å²) in [5, 5.41) is 1.36. The Hall–Kier alpha value is -2.55. The van der Waals surface area contributed by atoms with E-state index < -0.39 is 0 Å². The molecule has 1 aliphatic rings. The molecule has 0 aliphatic carbocycles. The highest BCUT2D eigenvalue weighted by molar-refractivity contribution is 5.84. The smallest absolute Gasteiger partial charge is 0.226 e. The lowest BCUT2D eigenvalue weighted by Gasteiger charge is -2.32. The van der Waals surface area contributed by atoms with E-state index in [0.717, 1.165) is 31.5 Å². The molecule has 2 aromatic carbocycles. The molecular formula is C23H26N2O. The Morgan fingerprint density at radius 1 is 1.04 bits per heavy atom. The van der Waals surface area contributed by atoms with Gasteiger partial charge in [0.25, 0.3) is 0 Å². The number of para-hydroxylation sites is 1. The van der Waals surface area contributed by atoms with Crippen molar-refractivity contribution in [3.63, 3.8) is 0 Å². The van der Waals surface area contributed by atoms with Crippen LogP contribution in [0.15, 0.2) is 54.7 Å². The van der Waals surface area contributed by atoms with Crippen molar-refractivity contribution >= 4 is 16.8 Å². The Labute approximate surface area is 155 Å². The van der Waals surface area contributed by atoms with Crippen molar-refractivity contribution in [3.8, 4) is 0 Å². The van der Waals surface area contributed by atoms with Crippen LogP contribution in [0, 0.1) is 6.92 Å². The van der Waals surface area contributed by atoms with Crippen molar-refractivity contribution in [3.05, 3.63) is 71.4 Å². The summed E-state index contributed by atoms with van der Waals surface area (Å²) < 4.78 is 2.22. The van der Waals surface area contributed by atoms with Crippen molar-refractivity contribution < 1.29 is 4.79 Å². The van der Waals surface area contributed by atoms with E-state index in [9.17, 15) is 4.79 Å². The number of fused-ring (bicyclic) bond motifs is 1. The van der Waals surface area contributed by atoms with Crippen molar-refractivity contribution in [2.24, 2.45) is 7.05 Å². The molecule has 3 nitrogen and oxygen atoms in total. The molecule has 3 aromatic rings. The second kappa shape index (κ2) is 6.99. The first-order valence-corrected chi connectivity index (χ1v) is 9.49. The molecular weight excluding hydrogens is 320 g/mol. The number of piperidine rings is 1. The minimum Gasteiger partial charge on any atom is -0.350 e. The van der Waals surface area contributed by atoms with Crippen LogP contribution < -0.4 is 0 Å². The van der Waals surface area contributed by atoms with E-state index in [1.807, 2.05) is 4.90 Å². The summed E-state index contributed by atoms with van der Waals surface area (Å²) in [5.41, 5.74) is 5.07. The SMILES string of the molecule is Cc1ccc(CC(=O)N2CCC(c3cn(C)c4ccccc34)CC2)cc1. The van der Waals surface area contributed by atoms with E-state index in [0.29, 0.717) is 12.3 Å². The van der Waals surface area contributed by atoms with E-state index in [1.165, 1.54) is 22.0 Å². The van der Waals surface area contributed by atoms with E-state index >= 15 is 0 Å². The van der Waals surface area contributed by atoms with Crippen LogP contribution in [0.3, 0.4) is 0 Å². The second-order valence-corrected chi connectivity index (χ2v) is 7.53. The molecule has 1 amide bonds. The Bertz CT molecular complexity index is 915. The molecule has 0 bridgehead atoms. The van der Waals surface area contributed by atoms with Gasteiger partial charge in [0.2, 0.25) is 5.91 Å². The molecule has 4 rings (SSSR count). The minimum atomic E-state index is 0.255. The molecule has 0 atom stereocenters. The molecule has 0 radical (unpaired) electrons. The molecule has 0 saturated carbocycles. The van der Waals surface area contributed by atoms with Crippen LogP contribution in [-0.2, 0) is 18.3 Å². The third-order valence-electron chi connectivity index (χ3n) is 5.69. The van der Waals surface area contributed by atoms with Crippen LogP contribution >= 0.6 is 0 Å². The molecule has 134 valence electrons. The molecule has 3 heteroatoms. The molecule has 0 spiro atoms. The number of carbonyl (C=O) groups is 1. The fourth-order valence-corrected chi connectivity index (χ4v) is 4.13. The van der Waals surface area contributed by atoms with Crippen LogP contribution in [-0.4, -0.2) is 28.5 Å². The first-order chi connectivity index (χ1) is 12.6. The summed E-state index contributed by atoms with van der Waals surface area (Å²) in [4.78, 5) is 14.7. The number of hydrogen-bond acceptors (Lipinski definition) is 1. The number of carbonyl (C=O) groups excluding carboxylic acids is 1. The first-order valence-electron chi connectivity index (χ1n) is 9.49. The van der Waals surface area contributed by atoms with Gasteiger partial charge in [-0.05, 0) is 42.9 Å². The van der Waals surface area contributed by atoms with Gasteiger partial charge in [0, 0.05) is 37.2 Å². The van der Waals surface area contributed by atoms with Crippen LogP contribution in [0.1, 0.15) is 35.4 Å². The summed E-state index contributed by atoms with van der Waals surface area (Å²) in [7, 11) is 2.12. The third kappa shape index (κ3) is 3.26. The molecule has 26 heavy (non-hydrogen) atoms. The van der Waals surface area contributed by atoms with Gasteiger partial charge in [-0.3, -0.25) is 4.79 Å². The van der Waals surface area contributed by atoms with Crippen molar-refractivity contribution in [2.45, 2.75) is 32.1 Å². The monoisotopic (exact) mass is 346 g/mol.